The van der Waals surface area contributed by atoms with Gasteiger partial charge in [0.15, 0.2) is 5.69 Å². The molecule has 0 atom stereocenters. The van der Waals surface area contributed by atoms with Gasteiger partial charge < -0.3 is 5.32 Å². The molecule has 1 aromatic carbocycles. The molecule has 102 valence electrons. The van der Waals surface area contributed by atoms with E-state index in [-0.39, 0.29) is 0 Å². The molecule has 2 heterocycles. The summed E-state index contributed by atoms with van der Waals surface area (Å²) in [5.74, 6) is 0.626. The zero-order chi connectivity index (χ0) is 14.5. The maximum Gasteiger partial charge on any atom is 0.158 e. The Bertz CT molecular complexity index is 755. The predicted molar refractivity (Wildman–Crippen MR) is 77.6 cm³/mol. The lowest BCUT2D eigenvalue weighted by Gasteiger charge is -2.02. The quantitative estimate of drug-likeness (QED) is 0.789. The lowest BCUT2D eigenvalue weighted by molar-refractivity contribution is 0.880. The van der Waals surface area contributed by atoms with Crippen LogP contribution in [0.15, 0.2) is 55.1 Å². The van der Waals surface area contributed by atoms with E-state index in [9.17, 15) is 0 Å². The number of para-hydroxylation sites is 1. The predicted octanol–water partition coefficient (Wildman–Crippen LogP) is 2.15. The number of hydrogen-bond acceptors (Lipinski definition) is 5. The Morgan fingerprint density at radius 1 is 1.10 bits per heavy atom. The van der Waals surface area contributed by atoms with Gasteiger partial charge >= 0.3 is 0 Å². The SMILES string of the molecule is N#Cc1cnc(NCc2cnn(-c3ccccc3)c2)cn1. The molecule has 3 rings (SSSR count). The molecule has 0 amide bonds. The summed E-state index contributed by atoms with van der Waals surface area (Å²) in [5.41, 5.74) is 2.35. The van der Waals surface area contributed by atoms with Gasteiger partial charge in [0.25, 0.3) is 0 Å². The van der Waals surface area contributed by atoms with Crippen molar-refractivity contribution in [3.05, 3.63) is 66.4 Å². The van der Waals surface area contributed by atoms with Gasteiger partial charge in [-0.3, -0.25) is 0 Å². The Morgan fingerprint density at radius 3 is 2.67 bits per heavy atom. The van der Waals surface area contributed by atoms with Crippen molar-refractivity contribution in [2.45, 2.75) is 6.54 Å². The second kappa shape index (κ2) is 5.84. The van der Waals surface area contributed by atoms with Crippen molar-refractivity contribution in [3.63, 3.8) is 0 Å². The standard InChI is InChI=1S/C15H12N6/c16-6-13-9-19-15(10-17-13)18-7-12-8-20-21(11-12)14-4-2-1-3-5-14/h1-5,8-11H,7H2,(H,18,19). The van der Waals surface area contributed by atoms with Crippen LogP contribution in [0.4, 0.5) is 5.82 Å². The van der Waals surface area contributed by atoms with E-state index in [0.717, 1.165) is 11.3 Å². The highest BCUT2D eigenvalue weighted by Gasteiger charge is 2.01. The van der Waals surface area contributed by atoms with E-state index < -0.39 is 0 Å². The minimum Gasteiger partial charge on any atom is -0.365 e. The Labute approximate surface area is 121 Å². The summed E-state index contributed by atoms with van der Waals surface area (Å²) in [7, 11) is 0. The maximum absolute atomic E-state index is 8.66. The molecule has 6 nitrogen and oxygen atoms in total. The number of aromatic nitrogens is 4. The number of benzene rings is 1. The molecule has 0 bridgehead atoms. The molecule has 0 radical (unpaired) electrons. The fraction of sp³-hybridized carbons (Fsp3) is 0.0667. The Hall–Kier alpha value is -3.20. The van der Waals surface area contributed by atoms with Crippen molar-refractivity contribution in [1.82, 2.24) is 19.7 Å². The Balaban J connectivity index is 1.66. The Kier molecular flexibility index (Phi) is 3.56. The van der Waals surface area contributed by atoms with Gasteiger partial charge in [-0.15, -0.1) is 0 Å². The minimum absolute atomic E-state index is 0.303. The number of hydrogen-bond donors (Lipinski definition) is 1. The molecule has 0 saturated heterocycles. The maximum atomic E-state index is 8.66. The fourth-order valence-electron chi connectivity index (χ4n) is 1.84. The van der Waals surface area contributed by atoms with Crippen LogP contribution in [0, 0.1) is 11.3 Å². The van der Waals surface area contributed by atoms with Crippen LogP contribution in [-0.2, 0) is 6.54 Å². The number of nitrogens with one attached hydrogen (secondary N) is 1. The first kappa shape index (κ1) is 12.8. The molecule has 0 unspecified atom stereocenters. The first-order chi connectivity index (χ1) is 10.3. The van der Waals surface area contributed by atoms with E-state index in [0.29, 0.717) is 18.1 Å². The van der Waals surface area contributed by atoms with Crippen LogP contribution in [0.2, 0.25) is 0 Å². The van der Waals surface area contributed by atoms with Crippen molar-refractivity contribution >= 4 is 5.82 Å². The van der Waals surface area contributed by atoms with E-state index in [4.69, 9.17) is 5.26 Å². The summed E-state index contributed by atoms with van der Waals surface area (Å²) < 4.78 is 1.82. The molecule has 0 fully saturated rings. The Morgan fingerprint density at radius 2 is 1.95 bits per heavy atom. The second-order valence-electron chi connectivity index (χ2n) is 4.38. The van der Waals surface area contributed by atoms with Crippen molar-refractivity contribution in [1.29, 1.82) is 5.26 Å². The summed E-state index contributed by atoms with van der Waals surface area (Å²) in [4.78, 5) is 8.06. The van der Waals surface area contributed by atoms with E-state index >= 15 is 0 Å². The van der Waals surface area contributed by atoms with Gasteiger partial charge in [0.2, 0.25) is 0 Å². The fourth-order valence-corrected chi connectivity index (χ4v) is 1.84. The zero-order valence-corrected chi connectivity index (χ0v) is 11.1. The molecular weight excluding hydrogens is 264 g/mol. The molecule has 0 saturated carbocycles. The van der Waals surface area contributed by atoms with Crippen LogP contribution in [0.3, 0.4) is 0 Å². The van der Waals surface area contributed by atoms with Crippen LogP contribution in [-0.4, -0.2) is 19.7 Å². The second-order valence-corrected chi connectivity index (χ2v) is 4.38. The molecule has 21 heavy (non-hydrogen) atoms. The first-order valence-corrected chi connectivity index (χ1v) is 6.40. The zero-order valence-electron chi connectivity index (χ0n) is 11.1. The molecule has 0 spiro atoms. The molecule has 2 aromatic heterocycles. The molecule has 0 aliphatic heterocycles. The number of anilines is 1. The van der Waals surface area contributed by atoms with E-state index in [1.54, 1.807) is 12.4 Å². The highest BCUT2D eigenvalue weighted by molar-refractivity contribution is 5.35. The largest absolute Gasteiger partial charge is 0.365 e. The van der Waals surface area contributed by atoms with Crippen molar-refractivity contribution in [2.75, 3.05) is 5.32 Å². The van der Waals surface area contributed by atoms with Crippen LogP contribution in [0.25, 0.3) is 5.69 Å². The van der Waals surface area contributed by atoms with Crippen molar-refractivity contribution in [3.8, 4) is 11.8 Å². The highest BCUT2D eigenvalue weighted by atomic mass is 15.3. The monoisotopic (exact) mass is 276 g/mol. The average Bonchev–Trinajstić information content (AvgIpc) is 3.03. The van der Waals surface area contributed by atoms with Gasteiger partial charge in [0.1, 0.15) is 11.9 Å². The minimum atomic E-state index is 0.303. The van der Waals surface area contributed by atoms with Gasteiger partial charge in [0.05, 0.1) is 24.3 Å². The molecule has 6 heteroatoms. The van der Waals surface area contributed by atoms with Crippen LogP contribution in [0.1, 0.15) is 11.3 Å². The average molecular weight is 276 g/mol. The summed E-state index contributed by atoms with van der Waals surface area (Å²) in [6.45, 7) is 0.591. The summed E-state index contributed by atoms with van der Waals surface area (Å²) >= 11 is 0. The topological polar surface area (TPSA) is 79.4 Å². The van der Waals surface area contributed by atoms with Gasteiger partial charge in [-0.05, 0) is 12.1 Å². The molecule has 0 aliphatic carbocycles. The van der Waals surface area contributed by atoms with Gasteiger partial charge in [0, 0.05) is 18.3 Å². The lowest BCUT2D eigenvalue weighted by Crippen LogP contribution is -2.01. The number of nitriles is 1. The van der Waals surface area contributed by atoms with E-state index in [2.05, 4.69) is 20.4 Å². The molecular formula is C15H12N6. The summed E-state index contributed by atoms with van der Waals surface area (Å²) in [6, 6.07) is 11.8. The van der Waals surface area contributed by atoms with Crippen LogP contribution < -0.4 is 5.32 Å². The summed E-state index contributed by atoms with van der Waals surface area (Å²) in [6.07, 6.45) is 6.74. The molecule has 3 aromatic rings. The van der Waals surface area contributed by atoms with Crippen molar-refractivity contribution in [2.24, 2.45) is 0 Å². The number of rotatable bonds is 4. The van der Waals surface area contributed by atoms with E-state index in [1.165, 1.54) is 6.20 Å². The third kappa shape index (κ3) is 3.04. The lowest BCUT2D eigenvalue weighted by atomic mass is 10.3. The van der Waals surface area contributed by atoms with Gasteiger partial charge in [-0.1, -0.05) is 18.2 Å². The van der Waals surface area contributed by atoms with Crippen LogP contribution >= 0.6 is 0 Å². The molecule has 1 N–H and O–H groups in total. The summed E-state index contributed by atoms with van der Waals surface area (Å²) in [5, 5.41) is 16.1. The van der Waals surface area contributed by atoms with Crippen LogP contribution in [0.5, 0.6) is 0 Å². The number of nitrogens with zero attached hydrogens (tertiary/aromatic N) is 5. The van der Waals surface area contributed by atoms with Gasteiger partial charge in [-0.25, -0.2) is 14.6 Å². The van der Waals surface area contributed by atoms with Gasteiger partial charge in [-0.2, -0.15) is 10.4 Å². The first-order valence-electron chi connectivity index (χ1n) is 6.40. The smallest absolute Gasteiger partial charge is 0.158 e. The van der Waals surface area contributed by atoms with Crippen molar-refractivity contribution < 1.29 is 0 Å². The third-order valence-electron chi connectivity index (χ3n) is 2.90. The highest BCUT2D eigenvalue weighted by Crippen LogP contribution is 2.09. The normalized spacial score (nSPS) is 10.0. The van der Waals surface area contributed by atoms with E-state index in [1.807, 2.05) is 47.3 Å². The molecule has 0 aliphatic rings. The third-order valence-corrected chi connectivity index (χ3v) is 2.90.